The molecule has 0 unspecified atom stereocenters. The first-order valence-electron chi connectivity index (χ1n) is 5.37. The highest BCUT2D eigenvalue weighted by atomic mass is 16.7. The standard InChI is InChI=1S/C11H13NO6/c13-5-7-8(14)9(15)11(17-7)18-10(16)6-2-1-3-12-4-6/h1-4,7-9,11,13-15H,5H2/t7-,8-,9-,11-/m1/s1. The van der Waals surface area contributed by atoms with Gasteiger partial charge in [-0.25, -0.2) is 4.79 Å². The molecule has 1 aromatic heterocycles. The number of aliphatic hydroxyl groups is 3. The van der Waals surface area contributed by atoms with E-state index in [2.05, 4.69) is 4.98 Å². The number of aliphatic hydroxyl groups excluding tert-OH is 3. The molecular formula is C11H13NO6. The number of carbonyl (C=O) groups is 1. The van der Waals surface area contributed by atoms with Crippen molar-refractivity contribution in [3.63, 3.8) is 0 Å². The molecule has 98 valence electrons. The van der Waals surface area contributed by atoms with Crippen molar-refractivity contribution in [1.29, 1.82) is 0 Å². The van der Waals surface area contributed by atoms with Crippen molar-refractivity contribution in [2.24, 2.45) is 0 Å². The van der Waals surface area contributed by atoms with Crippen LogP contribution < -0.4 is 0 Å². The molecule has 1 aromatic rings. The summed E-state index contributed by atoms with van der Waals surface area (Å²) in [6, 6.07) is 3.06. The molecule has 0 bridgehead atoms. The Kier molecular flexibility index (Phi) is 3.87. The molecule has 2 heterocycles. The monoisotopic (exact) mass is 255 g/mol. The molecule has 7 heteroatoms. The summed E-state index contributed by atoms with van der Waals surface area (Å²) < 4.78 is 9.90. The molecule has 1 saturated heterocycles. The highest BCUT2D eigenvalue weighted by Crippen LogP contribution is 2.22. The molecule has 2 rings (SSSR count). The lowest BCUT2D eigenvalue weighted by atomic mass is 10.1. The number of rotatable bonds is 3. The highest BCUT2D eigenvalue weighted by Gasteiger charge is 2.44. The number of carbonyl (C=O) groups excluding carboxylic acids is 1. The normalized spacial score (nSPS) is 31.3. The van der Waals surface area contributed by atoms with Gasteiger partial charge >= 0.3 is 5.97 Å². The number of ether oxygens (including phenoxy) is 2. The molecule has 18 heavy (non-hydrogen) atoms. The molecule has 1 aliphatic rings. The van der Waals surface area contributed by atoms with E-state index in [-0.39, 0.29) is 5.56 Å². The number of hydrogen-bond acceptors (Lipinski definition) is 7. The Bertz CT molecular complexity index is 411. The predicted octanol–water partition coefficient (Wildman–Crippen LogP) is -1.32. The quantitative estimate of drug-likeness (QED) is 0.574. The number of pyridine rings is 1. The van der Waals surface area contributed by atoms with Gasteiger partial charge in [-0.2, -0.15) is 0 Å². The first-order valence-corrected chi connectivity index (χ1v) is 5.37. The second-order valence-corrected chi connectivity index (χ2v) is 3.85. The van der Waals surface area contributed by atoms with Crippen LogP contribution in [-0.2, 0) is 9.47 Å². The number of hydrogen-bond donors (Lipinski definition) is 3. The topological polar surface area (TPSA) is 109 Å². The fraction of sp³-hybridized carbons (Fsp3) is 0.455. The first kappa shape index (κ1) is 12.9. The van der Waals surface area contributed by atoms with E-state index in [9.17, 15) is 15.0 Å². The van der Waals surface area contributed by atoms with Crippen molar-refractivity contribution in [3.05, 3.63) is 30.1 Å². The molecule has 1 fully saturated rings. The van der Waals surface area contributed by atoms with Gasteiger partial charge in [-0.1, -0.05) is 0 Å². The van der Waals surface area contributed by atoms with Gasteiger partial charge < -0.3 is 24.8 Å². The van der Waals surface area contributed by atoms with Crippen molar-refractivity contribution < 1.29 is 29.6 Å². The zero-order valence-electron chi connectivity index (χ0n) is 9.34. The van der Waals surface area contributed by atoms with Gasteiger partial charge in [0.25, 0.3) is 0 Å². The summed E-state index contributed by atoms with van der Waals surface area (Å²) in [7, 11) is 0. The zero-order chi connectivity index (χ0) is 13.1. The van der Waals surface area contributed by atoms with Crippen molar-refractivity contribution in [1.82, 2.24) is 4.98 Å². The summed E-state index contributed by atoms with van der Waals surface area (Å²) in [6.07, 6.45) is -2.13. The fourth-order valence-corrected chi connectivity index (χ4v) is 1.62. The van der Waals surface area contributed by atoms with E-state index in [1.54, 1.807) is 6.07 Å². The summed E-state index contributed by atoms with van der Waals surface area (Å²) in [5.74, 6) is -0.724. The molecule has 0 radical (unpaired) electrons. The average Bonchev–Trinajstić information content (AvgIpc) is 2.67. The van der Waals surface area contributed by atoms with Gasteiger partial charge in [0.05, 0.1) is 12.2 Å². The maximum absolute atomic E-state index is 11.7. The smallest absolute Gasteiger partial charge is 0.342 e. The maximum Gasteiger partial charge on any atom is 0.342 e. The third-order valence-corrected chi connectivity index (χ3v) is 2.62. The van der Waals surface area contributed by atoms with E-state index in [4.69, 9.17) is 14.6 Å². The van der Waals surface area contributed by atoms with Gasteiger partial charge in [0.1, 0.15) is 18.3 Å². The summed E-state index contributed by atoms with van der Waals surface area (Å²) in [6.45, 7) is -0.473. The van der Waals surface area contributed by atoms with Crippen LogP contribution in [0.15, 0.2) is 24.5 Å². The Morgan fingerprint density at radius 2 is 2.22 bits per heavy atom. The van der Waals surface area contributed by atoms with Gasteiger partial charge in [-0.05, 0) is 12.1 Å². The summed E-state index contributed by atoms with van der Waals surface area (Å²) in [5, 5.41) is 27.9. The molecule has 0 saturated carbocycles. The molecule has 1 aliphatic heterocycles. The van der Waals surface area contributed by atoms with E-state index in [1.165, 1.54) is 18.5 Å². The summed E-state index contributed by atoms with van der Waals surface area (Å²) in [5.41, 5.74) is 0.204. The lowest BCUT2D eigenvalue weighted by molar-refractivity contribution is -0.139. The Morgan fingerprint density at radius 1 is 1.44 bits per heavy atom. The lowest BCUT2D eigenvalue weighted by Crippen LogP contribution is -2.35. The van der Waals surface area contributed by atoms with Crippen LogP contribution in [0.3, 0.4) is 0 Å². The largest absolute Gasteiger partial charge is 0.429 e. The van der Waals surface area contributed by atoms with Crippen molar-refractivity contribution >= 4 is 5.97 Å². The lowest BCUT2D eigenvalue weighted by Gasteiger charge is -2.15. The Hall–Kier alpha value is -1.54. The molecule has 0 amide bonds. The van der Waals surface area contributed by atoms with Crippen LogP contribution in [0.4, 0.5) is 0 Å². The van der Waals surface area contributed by atoms with E-state index < -0.39 is 37.2 Å². The number of nitrogens with zero attached hydrogens (tertiary/aromatic N) is 1. The molecule has 3 N–H and O–H groups in total. The Morgan fingerprint density at radius 3 is 2.78 bits per heavy atom. The fourth-order valence-electron chi connectivity index (χ4n) is 1.62. The van der Waals surface area contributed by atoms with Crippen LogP contribution in [0.5, 0.6) is 0 Å². The van der Waals surface area contributed by atoms with Crippen molar-refractivity contribution in [3.8, 4) is 0 Å². The van der Waals surface area contributed by atoms with Gasteiger partial charge in [-0.15, -0.1) is 0 Å². The van der Waals surface area contributed by atoms with Crippen LogP contribution in [0.1, 0.15) is 10.4 Å². The van der Waals surface area contributed by atoms with E-state index in [1.807, 2.05) is 0 Å². The highest BCUT2D eigenvalue weighted by molar-refractivity contribution is 5.89. The van der Waals surface area contributed by atoms with Crippen LogP contribution in [-0.4, -0.2) is 57.5 Å². The van der Waals surface area contributed by atoms with Gasteiger partial charge in [0.15, 0.2) is 0 Å². The minimum Gasteiger partial charge on any atom is -0.429 e. The molecule has 0 aromatic carbocycles. The van der Waals surface area contributed by atoms with E-state index >= 15 is 0 Å². The van der Waals surface area contributed by atoms with Crippen LogP contribution in [0.25, 0.3) is 0 Å². The van der Waals surface area contributed by atoms with Crippen molar-refractivity contribution in [2.75, 3.05) is 6.61 Å². The molecule has 4 atom stereocenters. The van der Waals surface area contributed by atoms with E-state index in [0.29, 0.717) is 0 Å². The van der Waals surface area contributed by atoms with Gasteiger partial charge in [0, 0.05) is 12.4 Å². The van der Waals surface area contributed by atoms with Crippen molar-refractivity contribution in [2.45, 2.75) is 24.6 Å². The minimum absolute atomic E-state index is 0.204. The number of aromatic nitrogens is 1. The first-order chi connectivity index (χ1) is 8.63. The minimum atomic E-state index is -1.39. The van der Waals surface area contributed by atoms with E-state index in [0.717, 1.165) is 0 Å². The third-order valence-electron chi connectivity index (χ3n) is 2.62. The third kappa shape index (κ3) is 2.49. The molecule has 0 spiro atoms. The van der Waals surface area contributed by atoms with Crippen LogP contribution in [0.2, 0.25) is 0 Å². The molecular weight excluding hydrogens is 242 g/mol. The SMILES string of the molecule is O=C(O[C@H]1O[C@H](CO)[C@@H](O)[C@H]1O)c1cccnc1. The maximum atomic E-state index is 11.7. The van der Waals surface area contributed by atoms with Gasteiger partial charge in [-0.3, -0.25) is 4.98 Å². The Balaban J connectivity index is 2.00. The number of esters is 1. The predicted molar refractivity (Wildman–Crippen MR) is 57.4 cm³/mol. The average molecular weight is 255 g/mol. The second-order valence-electron chi connectivity index (χ2n) is 3.85. The van der Waals surface area contributed by atoms with Gasteiger partial charge in [0.2, 0.25) is 6.29 Å². The second kappa shape index (κ2) is 5.40. The van der Waals surface area contributed by atoms with Crippen LogP contribution >= 0.6 is 0 Å². The summed E-state index contributed by atoms with van der Waals surface area (Å²) >= 11 is 0. The summed E-state index contributed by atoms with van der Waals surface area (Å²) in [4.78, 5) is 15.4. The zero-order valence-corrected chi connectivity index (χ0v) is 9.34. The molecule has 7 nitrogen and oxygen atoms in total. The van der Waals surface area contributed by atoms with Crippen LogP contribution in [0, 0.1) is 0 Å². The Labute approximate surface area is 103 Å². The molecule has 0 aliphatic carbocycles.